The summed E-state index contributed by atoms with van der Waals surface area (Å²) >= 11 is 7.68. The Hall–Kier alpha value is -4.75. The van der Waals surface area contributed by atoms with Gasteiger partial charge in [-0.3, -0.25) is 19.2 Å². The fourth-order valence-corrected chi connectivity index (χ4v) is 7.54. The lowest BCUT2D eigenvalue weighted by Crippen LogP contribution is -2.44. The number of benzene rings is 2. The minimum atomic E-state index is -4.87. The van der Waals surface area contributed by atoms with Crippen molar-refractivity contribution in [3.05, 3.63) is 78.8 Å². The molecule has 16 heteroatoms. The fourth-order valence-electron chi connectivity index (χ4n) is 6.26. The van der Waals surface area contributed by atoms with Crippen LogP contribution >= 0.6 is 22.9 Å². The standard InChI is InChI=1S/C35H32ClF3N6O5S/c1-18-14-23(32-30(42-18)28(34(47)48)19(2)51-32)22-15-21(36)4-5-27(22)49-13-11-45-20(3)43-26-16-25(35(37,38)39)31(24(17-40)29(26)33(45)46)50-12-10-44-8-6-41-7-9-44/h4-5,14-16,41H,6-13H2,1-3H3,(H,47,48). The molecule has 0 unspecified atom stereocenters. The summed E-state index contributed by atoms with van der Waals surface area (Å²) in [7, 11) is 0. The molecule has 0 amide bonds. The highest BCUT2D eigenvalue weighted by molar-refractivity contribution is 7.20. The number of ether oxygens (including phenoxy) is 2. The third-order valence-electron chi connectivity index (χ3n) is 8.63. The fraction of sp³-hybridized carbons (Fsp3) is 0.343. The number of fused-ring (bicyclic) bond motifs is 2. The molecule has 1 aliphatic rings. The predicted molar refractivity (Wildman–Crippen MR) is 187 cm³/mol. The molecule has 0 atom stereocenters. The Morgan fingerprint density at radius 3 is 2.49 bits per heavy atom. The van der Waals surface area contributed by atoms with Gasteiger partial charge in [-0.2, -0.15) is 18.4 Å². The van der Waals surface area contributed by atoms with Gasteiger partial charge < -0.3 is 19.9 Å². The Bertz CT molecular complexity index is 2280. The van der Waals surface area contributed by atoms with E-state index in [9.17, 15) is 33.1 Å². The number of alkyl halides is 3. The topological polar surface area (TPSA) is 143 Å². The molecule has 2 aromatic carbocycles. The van der Waals surface area contributed by atoms with Gasteiger partial charge in [0.15, 0.2) is 0 Å². The van der Waals surface area contributed by atoms with Gasteiger partial charge in [-0.25, -0.2) is 9.78 Å². The van der Waals surface area contributed by atoms with Crippen molar-refractivity contribution in [1.29, 1.82) is 5.26 Å². The van der Waals surface area contributed by atoms with Crippen LogP contribution in [0.25, 0.3) is 32.2 Å². The molecular formula is C35H32ClF3N6O5S. The molecule has 3 aromatic heterocycles. The van der Waals surface area contributed by atoms with Crippen LogP contribution in [-0.2, 0) is 12.7 Å². The van der Waals surface area contributed by atoms with Crippen molar-refractivity contribution in [2.75, 3.05) is 45.9 Å². The number of halogens is 4. The van der Waals surface area contributed by atoms with Gasteiger partial charge in [-0.1, -0.05) is 11.6 Å². The molecule has 2 N–H and O–H groups in total. The molecule has 0 bridgehead atoms. The zero-order valence-electron chi connectivity index (χ0n) is 27.8. The first-order chi connectivity index (χ1) is 24.3. The molecule has 0 aliphatic carbocycles. The van der Waals surface area contributed by atoms with Gasteiger partial charge in [0.2, 0.25) is 0 Å². The largest absolute Gasteiger partial charge is 0.491 e. The van der Waals surface area contributed by atoms with Crippen LogP contribution in [0.3, 0.4) is 0 Å². The lowest BCUT2D eigenvalue weighted by atomic mass is 10.0. The lowest BCUT2D eigenvalue weighted by Gasteiger charge is -2.27. The van der Waals surface area contributed by atoms with E-state index in [4.69, 9.17) is 21.1 Å². The van der Waals surface area contributed by atoms with Crippen molar-refractivity contribution in [3.63, 3.8) is 0 Å². The number of carboxylic acids is 1. The zero-order valence-corrected chi connectivity index (χ0v) is 29.4. The number of aryl methyl sites for hydroxylation is 3. The zero-order chi connectivity index (χ0) is 36.6. The number of nitrogens with one attached hydrogen (secondary N) is 1. The Kier molecular flexibility index (Phi) is 10.2. The number of piperazine rings is 1. The third-order valence-corrected chi connectivity index (χ3v) is 10.00. The van der Waals surface area contributed by atoms with Crippen LogP contribution in [0, 0.1) is 32.1 Å². The van der Waals surface area contributed by atoms with E-state index in [1.807, 2.05) is 11.0 Å². The number of hydrogen-bond donors (Lipinski definition) is 2. The lowest BCUT2D eigenvalue weighted by molar-refractivity contribution is -0.138. The van der Waals surface area contributed by atoms with Crippen molar-refractivity contribution >= 4 is 50.0 Å². The van der Waals surface area contributed by atoms with Crippen LogP contribution in [-0.4, -0.2) is 76.4 Å². The first kappa shape index (κ1) is 36.1. The maximum absolute atomic E-state index is 14.3. The maximum atomic E-state index is 14.3. The summed E-state index contributed by atoms with van der Waals surface area (Å²) in [5.74, 6) is -1.27. The highest BCUT2D eigenvalue weighted by Gasteiger charge is 2.38. The van der Waals surface area contributed by atoms with Gasteiger partial charge in [0.05, 0.1) is 33.2 Å². The summed E-state index contributed by atoms with van der Waals surface area (Å²) < 4.78 is 56.5. The first-order valence-electron chi connectivity index (χ1n) is 16.0. The predicted octanol–water partition coefficient (Wildman–Crippen LogP) is 6.20. The second-order valence-corrected chi connectivity index (χ2v) is 13.7. The van der Waals surface area contributed by atoms with Crippen molar-refractivity contribution in [1.82, 2.24) is 24.8 Å². The number of carboxylic acid groups (broad SMARTS) is 1. The third kappa shape index (κ3) is 7.22. The summed E-state index contributed by atoms with van der Waals surface area (Å²) in [6.07, 6.45) is -4.87. The van der Waals surface area contributed by atoms with Gasteiger partial charge in [-0.05, 0) is 51.1 Å². The van der Waals surface area contributed by atoms with Gasteiger partial charge in [-0.15, -0.1) is 11.3 Å². The van der Waals surface area contributed by atoms with Crippen LogP contribution < -0.4 is 20.3 Å². The van der Waals surface area contributed by atoms with E-state index >= 15 is 0 Å². The minimum absolute atomic E-state index is 0.0627. The molecule has 5 aromatic rings. The van der Waals surface area contributed by atoms with E-state index in [-0.39, 0.29) is 42.0 Å². The number of rotatable bonds is 10. The molecule has 4 heterocycles. The quantitative estimate of drug-likeness (QED) is 0.170. The van der Waals surface area contributed by atoms with Crippen molar-refractivity contribution < 1.29 is 32.5 Å². The summed E-state index contributed by atoms with van der Waals surface area (Å²) in [4.78, 5) is 37.3. The maximum Gasteiger partial charge on any atom is 0.420 e. The molecule has 266 valence electrons. The number of carbonyl (C=O) groups is 1. The SMILES string of the molecule is Cc1cc(-c2cc(Cl)ccc2OCCn2c(C)nc3cc(C(F)(F)F)c(OCCN4CCNCC4)c(C#N)c3c2=O)c2sc(C)c(C(=O)O)c2n1. The van der Waals surface area contributed by atoms with E-state index in [1.165, 1.54) is 22.8 Å². The minimum Gasteiger partial charge on any atom is -0.491 e. The molecule has 11 nitrogen and oxygen atoms in total. The Morgan fingerprint density at radius 2 is 1.80 bits per heavy atom. The van der Waals surface area contributed by atoms with E-state index in [0.717, 1.165) is 19.2 Å². The number of nitriles is 1. The summed E-state index contributed by atoms with van der Waals surface area (Å²) in [6, 6.07) is 9.33. The van der Waals surface area contributed by atoms with Crippen LogP contribution in [0.2, 0.25) is 5.02 Å². The summed E-state index contributed by atoms with van der Waals surface area (Å²) in [5.41, 5.74) is -0.385. The molecule has 51 heavy (non-hydrogen) atoms. The van der Waals surface area contributed by atoms with Gasteiger partial charge in [0, 0.05) is 59.4 Å². The van der Waals surface area contributed by atoms with Gasteiger partial charge in [0.1, 0.15) is 47.7 Å². The van der Waals surface area contributed by atoms with Crippen LogP contribution in [0.5, 0.6) is 11.5 Å². The van der Waals surface area contributed by atoms with Gasteiger partial charge in [0.25, 0.3) is 5.56 Å². The van der Waals surface area contributed by atoms with E-state index < -0.39 is 34.6 Å². The van der Waals surface area contributed by atoms with Crippen LogP contribution in [0.15, 0.2) is 35.1 Å². The Labute approximate surface area is 298 Å². The molecular weight excluding hydrogens is 709 g/mol. The van der Waals surface area contributed by atoms with E-state index in [2.05, 4.69) is 15.3 Å². The molecule has 0 radical (unpaired) electrons. The average Bonchev–Trinajstić information content (AvgIpc) is 3.41. The molecule has 1 fully saturated rings. The first-order valence-corrected chi connectivity index (χ1v) is 17.2. The van der Waals surface area contributed by atoms with Crippen LogP contribution in [0.4, 0.5) is 13.2 Å². The monoisotopic (exact) mass is 740 g/mol. The molecule has 0 saturated carbocycles. The smallest absolute Gasteiger partial charge is 0.420 e. The Balaban J connectivity index is 1.33. The number of pyridine rings is 1. The Morgan fingerprint density at radius 1 is 1.08 bits per heavy atom. The number of aromatic carboxylic acids is 1. The highest BCUT2D eigenvalue weighted by Crippen LogP contribution is 2.43. The number of thiophene rings is 1. The van der Waals surface area contributed by atoms with E-state index in [1.54, 1.807) is 38.1 Å². The van der Waals surface area contributed by atoms with Crippen molar-refractivity contribution in [2.45, 2.75) is 33.5 Å². The normalized spacial score (nSPS) is 13.8. The molecule has 0 spiro atoms. The highest BCUT2D eigenvalue weighted by atomic mass is 35.5. The van der Waals surface area contributed by atoms with Crippen LogP contribution in [0.1, 0.15) is 37.9 Å². The molecule has 6 rings (SSSR count). The van der Waals surface area contributed by atoms with Gasteiger partial charge >= 0.3 is 12.1 Å². The number of aromatic nitrogens is 3. The van der Waals surface area contributed by atoms with E-state index in [0.29, 0.717) is 62.3 Å². The number of hydrogen-bond acceptors (Lipinski definition) is 10. The van der Waals surface area contributed by atoms with Crippen molar-refractivity contribution in [2.24, 2.45) is 0 Å². The summed E-state index contributed by atoms with van der Waals surface area (Å²) in [6.45, 7) is 7.96. The molecule has 1 saturated heterocycles. The second kappa shape index (κ2) is 14.5. The second-order valence-electron chi connectivity index (χ2n) is 12.0. The molecule has 1 aliphatic heterocycles. The average molecular weight is 741 g/mol. The van der Waals surface area contributed by atoms with Crippen molar-refractivity contribution in [3.8, 4) is 28.7 Å². The summed E-state index contributed by atoms with van der Waals surface area (Å²) in [5, 5.41) is 23.3. The number of nitrogens with zero attached hydrogens (tertiary/aromatic N) is 5.